The summed E-state index contributed by atoms with van der Waals surface area (Å²) in [6.07, 6.45) is 0.841. The molecule has 3 rings (SSSR count). The summed E-state index contributed by atoms with van der Waals surface area (Å²) < 4.78 is 20.7. The molecule has 138 valence electrons. The number of halogens is 1. The van der Waals surface area contributed by atoms with Gasteiger partial charge in [0.25, 0.3) is 0 Å². The van der Waals surface area contributed by atoms with E-state index in [0.717, 1.165) is 19.4 Å². The predicted molar refractivity (Wildman–Crippen MR) is 96.1 cm³/mol. The molecule has 4 atom stereocenters. The van der Waals surface area contributed by atoms with Crippen molar-refractivity contribution in [3.63, 3.8) is 0 Å². The average Bonchev–Trinajstić information content (AvgIpc) is 2.87. The Morgan fingerprint density at radius 1 is 1.28 bits per heavy atom. The first-order valence-electron chi connectivity index (χ1n) is 9.16. The van der Waals surface area contributed by atoms with Crippen LogP contribution in [0.15, 0.2) is 30.3 Å². The molecule has 0 radical (unpaired) electrons. The van der Waals surface area contributed by atoms with Gasteiger partial charge in [-0.05, 0) is 52.6 Å². The second-order valence-electron chi connectivity index (χ2n) is 8.33. The molecule has 5 heteroatoms. The van der Waals surface area contributed by atoms with Crippen molar-refractivity contribution in [1.82, 2.24) is 9.80 Å². The molecule has 2 aliphatic heterocycles. The fourth-order valence-corrected chi connectivity index (χ4v) is 4.13. The minimum Gasteiger partial charge on any atom is -0.444 e. The summed E-state index contributed by atoms with van der Waals surface area (Å²) in [6, 6.07) is 9.68. The van der Waals surface area contributed by atoms with Crippen molar-refractivity contribution in [2.75, 3.05) is 7.05 Å². The molecule has 0 unspecified atom stereocenters. The van der Waals surface area contributed by atoms with Gasteiger partial charge in [-0.3, -0.25) is 9.80 Å². The van der Waals surface area contributed by atoms with E-state index in [9.17, 15) is 4.79 Å². The van der Waals surface area contributed by atoms with Crippen molar-refractivity contribution in [1.29, 1.82) is 0 Å². The summed E-state index contributed by atoms with van der Waals surface area (Å²) in [4.78, 5) is 16.3. The Morgan fingerprint density at radius 2 is 1.96 bits per heavy atom. The number of nitrogens with zero attached hydrogens (tertiary/aromatic N) is 2. The standard InChI is InChI=1S/C20H29FN2O2/c1-20(2,3)25-19(24)23-15-10-11-16(23)18(21)17(12-15)22(4)13-14-8-6-5-7-9-14/h5-9,15-18H,10-13H2,1-4H3/t15-,16+,17-,18+/m0/s1. The van der Waals surface area contributed by atoms with Crippen molar-refractivity contribution in [2.45, 2.75) is 76.5 Å². The van der Waals surface area contributed by atoms with E-state index in [1.54, 1.807) is 4.90 Å². The fourth-order valence-electron chi connectivity index (χ4n) is 4.13. The lowest BCUT2D eigenvalue weighted by molar-refractivity contribution is -0.0304. The first kappa shape index (κ1) is 18.2. The van der Waals surface area contributed by atoms with Crippen molar-refractivity contribution < 1.29 is 13.9 Å². The molecule has 0 saturated carbocycles. The van der Waals surface area contributed by atoms with Crippen LogP contribution >= 0.6 is 0 Å². The molecule has 0 spiro atoms. The van der Waals surface area contributed by atoms with Crippen LogP contribution in [0.2, 0.25) is 0 Å². The van der Waals surface area contributed by atoms with E-state index >= 15 is 4.39 Å². The van der Waals surface area contributed by atoms with E-state index in [-0.39, 0.29) is 24.2 Å². The summed E-state index contributed by atoms with van der Waals surface area (Å²) in [5.41, 5.74) is 0.627. The van der Waals surface area contributed by atoms with Gasteiger partial charge in [0.05, 0.1) is 6.04 Å². The minimum atomic E-state index is -1.04. The molecule has 0 aliphatic carbocycles. The number of hydrogen-bond acceptors (Lipinski definition) is 3. The second kappa shape index (κ2) is 6.94. The smallest absolute Gasteiger partial charge is 0.410 e. The van der Waals surface area contributed by atoms with Crippen molar-refractivity contribution in [2.24, 2.45) is 0 Å². The number of benzene rings is 1. The Kier molecular flexibility index (Phi) is 5.05. The Balaban J connectivity index is 1.68. The maximum absolute atomic E-state index is 15.2. The third-order valence-electron chi connectivity index (χ3n) is 5.24. The molecule has 1 aromatic carbocycles. The van der Waals surface area contributed by atoms with Crippen molar-refractivity contribution in [3.8, 4) is 0 Å². The summed E-state index contributed by atoms with van der Waals surface area (Å²) in [7, 11) is 1.98. The summed E-state index contributed by atoms with van der Waals surface area (Å²) in [6.45, 7) is 6.26. The zero-order chi connectivity index (χ0) is 18.2. The molecular formula is C20H29FN2O2. The van der Waals surface area contributed by atoms with Gasteiger partial charge in [0.15, 0.2) is 0 Å². The molecule has 25 heavy (non-hydrogen) atoms. The van der Waals surface area contributed by atoms with Gasteiger partial charge in [0.1, 0.15) is 11.8 Å². The lowest BCUT2D eigenvalue weighted by Crippen LogP contribution is -2.59. The second-order valence-corrected chi connectivity index (χ2v) is 8.33. The molecule has 0 aromatic heterocycles. The van der Waals surface area contributed by atoms with E-state index < -0.39 is 11.8 Å². The lowest BCUT2D eigenvalue weighted by atomic mass is 9.94. The number of carbonyl (C=O) groups is 1. The van der Waals surface area contributed by atoms with Crippen LogP contribution in [0, 0.1) is 0 Å². The van der Waals surface area contributed by atoms with Gasteiger partial charge in [0, 0.05) is 18.6 Å². The topological polar surface area (TPSA) is 32.8 Å². The largest absolute Gasteiger partial charge is 0.444 e. The number of alkyl halides is 1. The molecule has 4 nitrogen and oxygen atoms in total. The Hall–Kier alpha value is -1.62. The molecule has 2 saturated heterocycles. The molecule has 2 aliphatic rings. The highest BCUT2D eigenvalue weighted by atomic mass is 19.1. The summed E-state index contributed by atoms with van der Waals surface area (Å²) >= 11 is 0. The summed E-state index contributed by atoms with van der Waals surface area (Å²) in [5, 5.41) is 0. The number of carbonyl (C=O) groups excluding carboxylic acids is 1. The van der Waals surface area contributed by atoms with E-state index in [1.165, 1.54) is 5.56 Å². The van der Waals surface area contributed by atoms with Crippen LogP contribution in [0.3, 0.4) is 0 Å². The first-order valence-corrected chi connectivity index (χ1v) is 9.16. The number of rotatable bonds is 3. The Morgan fingerprint density at radius 3 is 2.60 bits per heavy atom. The zero-order valence-corrected chi connectivity index (χ0v) is 15.6. The normalized spacial score (nSPS) is 29.1. The van der Waals surface area contributed by atoms with Crippen LogP contribution in [0.25, 0.3) is 0 Å². The molecular weight excluding hydrogens is 319 g/mol. The highest BCUT2D eigenvalue weighted by Gasteiger charge is 2.51. The van der Waals surface area contributed by atoms with Crippen LogP contribution in [0.1, 0.15) is 45.6 Å². The molecule has 2 heterocycles. The van der Waals surface area contributed by atoms with Gasteiger partial charge in [-0.1, -0.05) is 30.3 Å². The molecule has 1 aromatic rings. The highest BCUT2D eigenvalue weighted by Crippen LogP contribution is 2.40. The predicted octanol–water partition coefficient (Wildman–Crippen LogP) is 4.00. The van der Waals surface area contributed by atoms with Gasteiger partial charge < -0.3 is 4.74 Å². The van der Waals surface area contributed by atoms with Gasteiger partial charge in [-0.15, -0.1) is 0 Å². The maximum atomic E-state index is 15.2. The third kappa shape index (κ3) is 3.97. The van der Waals surface area contributed by atoms with E-state index in [2.05, 4.69) is 17.0 Å². The fraction of sp³-hybridized carbons (Fsp3) is 0.650. The van der Waals surface area contributed by atoms with Crippen molar-refractivity contribution >= 4 is 6.09 Å². The van der Waals surface area contributed by atoms with Gasteiger partial charge >= 0.3 is 6.09 Å². The molecule has 2 fully saturated rings. The Bertz CT molecular complexity index is 601. The highest BCUT2D eigenvalue weighted by molar-refractivity contribution is 5.70. The number of ether oxygens (including phenoxy) is 1. The molecule has 1 amide bonds. The average molecular weight is 348 g/mol. The number of amides is 1. The number of piperidine rings is 1. The van der Waals surface area contributed by atoms with E-state index in [0.29, 0.717) is 6.42 Å². The van der Waals surface area contributed by atoms with Gasteiger partial charge in [-0.2, -0.15) is 0 Å². The lowest BCUT2D eigenvalue weighted by Gasteiger charge is -2.44. The quantitative estimate of drug-likeness (QED) is 0.828. The third-order valence-corrected chi connectivity index (χ3v) is 5.24. The van der Waals surface area contributed by atoms with Crippen LogP contribution in [-0.4, -0.2) is 52.8 Å². The van der Waals surface area contributed by atoms with Crippen molar-refractivity contribution in [3.05, 3.63) is 35.9 Å². The number of hydrogen-bond donors (Lipinski definition) is 0. The van der Waals surface area contributed by atoms with Crippen LogP contribution in [0.5, 0.6) is 0 Å². The van der Waals surface area contributed by atoms with Crippen LogP contribution in [0.4, 0.5) is 9.18 Å². The van der Waals surface area contributed by atoms with Crippen LogP contribution < -0.4 is 0 Å². The SMILES string of the molecule is CN(Cc1ccccc1)[C@H]1C[C@@H]2CC[C@H]([C@H]1F)N2C(=O)OC(C)(C)C. The Labute approximate surface area is 149 Å². The first-order chi connectivity index (χ1) is 11.8. The molecule has 2 bridgehead atoms. The van der Waals surface area contributed by atoms with Crippen LogP contribution in [-0.2, 0) is 11.3 Å². The monoisotopic (exact) mass is 348 g/mol. The zero-order valence-electron chi connectivity index (χ0n) is 15.6. The minimum absolute atomic E-state index is 0.0788. The molecule has 0 N–H and O–H groups in total. The number of fused-ring (bicyclic) bond motifs is 2. The van der Waals surface area contributed by atoms with Gasteiger partial charge in [-0.25, -0.2) is 9.18 Å². The van der Waals surface area contributed by atoms with E-state index in [4.69, 9.17) is 4.74 Å². The maximum Gasteiger partial charge on any atom is 0.410 e. The summed E-state index contributed by atoms with van der Waals surface area (Å²) in [5.74, 6) is 0. The van der Waals surface area contributed by atoms with Gasteiger partial charge in [0.2, 0.25) is 0 Å². The van der Waals surface area contributed by atoms with E-state index in [1.807, 2.05) is 46.0 Å².